The average Bonchev–Trinajstić information content (AvgIpc) is 2.99. The number of imide groups is 1. The van der Waals surface area contributed by atoms with Crippen LogP contribution in [0.4, 0.5) is 10.5 Å². The highest BCUT2D eigenvalue weighted by Crippen LogP contribution is 2.31. The lowest BCUT2D eigenvalue weighted by atomic mass is 9.90. The Bertz CT molecular complexity index is 1000. The lowest BCUT2D eigenvalue weighted by molar-refractivity contribution is 0.0507. The molecule has 2 aromatic carbocycles. The molecule has 1 fully saturated rings. The SMILES string of the molecule is CC(C)(C)N1C(=O)c2ccc(NC(=O)N3CCC(Cc4ccccc4)CC3)cc2C1=O. The van der Waals surface area contributed by atoms with Crippen LogP contribution in [0.15, 0.2) is 48.5 Å². The Morgan fingerprint density at radius 3 is 2.26 bits per heavy atom. The molecule has 4 amide bonds. The first kappa shape index (κ1) is 21.1. The summed E-state index contributed by atoms with van der Waals surface area (Å²) in [5.41, 5.74) is 2.01. The Balaban J connectivity index is 1.37. The molecule has 2 aliphatic heterocycles. The van der Waals surface area contributed by atoms with E-state index in [0.29, 0.717) is 35.8 Å². The summed E-state index contributed by atoms with van der Waals surface area (Å²) >= 11 is 0. The molecule has 2 aromatic rings. The number of rotatable bonds is 3. The van der Waals surface area contributed by atoms with E-state index < -0.39 is 5.54 Å². The first-order valence-corrected chi connectivity index (χ1v) is 10.9. The summed E-state index contributed by atoms with van der Waals surface area (Å²) in [6.07, 6.45) is 2.99. The van der Waals surface area contributed by atoms with Crippen LogP contribution in [0.5, 0.6) is 0 Å². The van der Waals surface area contributed by atoms with Crippen molar-refractivity contribution in [3.8, 4) is 0 Å². The number of nitrogens with one attached hydrogen (secondary N) is 1. The Labute approximate surface area is 183 Å². The van der Waals surface area contributed by atoms with Crippen LogP contribution in [0.3, 0.4) is 0 Å². The summed E-state index contributed by atoms with van der Waals surface area (Å²) in [5.74, 6) is -0.0188. The maximum Gasteiger partial charge on any atom is 0.321 e. The van der Waals surface area contributed by atoms with E-state index in [1.54, 1.807) is 18.2 Å². The largest absolute Gasteiger partial charge is 0.325 e. The van der Waals surface area contributed by atoms with Crippen molar-refractivity contribution in [1.82, 2.24) is 9.80 Å². The summed E-state index contributed by atoms with van der Waals surface area (Å²) in [7, 11) is 0. The first-order chi connectivity index (χ1) is 14.7. The summed E-state index contributed by atoms with van der Waals surface area (Å²) in [5, 5.41) is 2.90. The molecule has 31 heavy (non-hydrogen) atoms. The number of hydrogen-bond donors (Lipinski definition) is 1. The van der Waals surface area contributed by atoms with Gasteiger partial charge in [0.05, 0.1) is 11.1 Å². The fourth-order valence-electron chi connectivity index (χ4n) is 4.42. The molecular formula is C25H29N3O3. The third-order valence-electron chi connectivity index (χ3n) is 6.08. The number of carbonyl (C=O) groups is 3. The summed E-state index contributed by atoms with van der Waals surface area (Å²) < 4.78 is 0. The van der Waals surface area contributed by atoms with Gasteiger partial charge in [0.2, 0.25) is 0 Å². The minimum atomic E-state index is -0.597. The van der Waals surface area contributed by atoms with Crippen molar-refractivity contribution >= 4 is 23.5 Å². The minimum Gasteiger partial charge on any atom is -0.325 e. The molecule has 6 heteroatoms. The molecule has 0 aliphatic carbocycles. The van der Waals surface area contributed by atoms with Gasteiger partial charge in [-0.25, -0.2) is 4.79 Å². The summed E-state index contributed by atoms with van der Waals surface area (Å²) in [6.45, 7) is 6.92. The number of likely N-dealkylation sites (tertiary alicyclic amines) is 1. The number of fused-ring (bicyclic) bond motifs is 1. The molecule has 0 saturated carbocycles. The van der Waals surface area contributed by atoms with Gasteiger partial charge in [-0.15, -0.1) is 0 Å². The molecule has 6 nitrogen and oxygen atoms in total. The molecule has 0 aromatic heterocycles. The lowest BCUT2D eigenvalue weighted by Gasteiger charge is -2.32. The van der Waals surface area contributed by atoms with Crippen LogP contribution in [0, 0.1) is 5.92 Å². The standard InChI is InChI=1S/C25H29N3O3/c1-25(2,3)28-22(29)20-10-9-19(16-21(20)23(28)30)26-24(31)27-13-11-18(12-14-27)15-17-7-5-4-6-8-17/h4-10,16,18H,11-15H2,1-3H3,(H,26,31). The van der Waals surface area contributed by atoms with Crippen LogP contribution in [-0.2, 0) is 6.42 Å². The second-order valence-electron chi connectivity index (χ2n) is 9.43. The Kier molecular flexibility index (Phi) is 5.56. The smallest absolute Gasteiger partial charge is 0.321 e. The molecule has 4 rings (SSSR count). The third-order valence-corrected chi connectivity index (χ3v) is 6.08. The molecule has 1 saturated heterocycles. The number of piperidine rings is 1. The summed E-state index contributed by atoms with van der Waals surface area (Å²) in [6, 6.07) is 15.2. The quantitative estimate of drug-likeness (QED) is 0.741. The van der Waals surface area contributed by atoms with E-state index in [0.717, 1.165) is 19.3 Å². The predicted molar refractivity (Wildman–Crippen MR) is 120 cm³/mol. The van der Waals surface area contributed by atoms with Crippen LogP contribution in [-0.4, -0.2) is 46.3 Å². The van der Waals surface area contributed by atoms with E-state index in [1.165, 1.54) is 10.5 Å². The zero-order chi connectivity index (χ0) is 22.2. The van der Waals surface area contributed by atoms with Crippen molar-refractivity contribution < 1.29 is 14.4 Å². The number of urea groups is 1. The van der Waals surface area contributed by atoms with Gasteiger partial charge in [0.25, 0.3) is 11.8 Å². The fourth-order valence-corrected chi connectivity index (χ4v) is 4.42. The zero-order valence-corrected chi connectivity index (χ0v) is 18.4. The molecule has 0 radical (unpaired) electrons. The van der Waals surface area contributed by atoms with Gasteiger partial charge >= 0.3 is 6.03 Å². The molecule has 0 bridgehead atoms. The molecule has 162 valence electrons. The van der Waals surface area contributed by atoms with E-state index in [1.807, 2.05) is 31.7 Å². The van der Waals surface area contributed by atoms with E-state index in [9.17, 15) is 14.4 Å². The van der Waals surface area contributed by atoms with Gasteiger partial charge in [-0.3, -0.25) is 14.5 Å². The lowest BCUT2D eigenvalue weighted by Crippen LogP contribution is -2.45. The maximum absolute atomic E-state index is 12.8. The molecule has 0 unspecified atom stereocenters. The van der Waals surface area contributed by atoms with Crippen molar-refractivity contribution in [3.63, 3.8) is 0 Å². The molecule has 2 heterocycles. The molecule has 0 atom stereocenters. The number of amides is 4. The van der Waals surface area contributed by atoms with E-state index in [4.69, 9.17) is 0 Å². The van der Waals surface area contributed by atoms with Crippen LogP contribution in [0.2, 0.25) is 0 Å². The van der Waals surface area contributed by atoms with Crippen molar-refractivity contribution in [3.05, 3.63) is 65.2 Å². The van der Waals surface area contributed by atoms with Gasteiger partial charge in [-0.2, -0.15) is 0 Å². The molecular weight excluding hydrogens is 390 g/mol. The average molecular weight is 420 g/mol. The van der Waals surface area contributed by atoms with Gasteiger partial charge in [0.15, 0.2) is 0 Å². The molecule has 2 aliphatic rings. The monoisotopic (exact) mass is 419 g/mol. The predicted octanol–water partition coefficient (Wildman–Crippen LogP) is 4.57. The second-order valence-corrected chi connectivity index (χ2v) is 9.43. The Morgan fingerprint density at radius 1 is 0.968 bits per heavy atom. The van der Waals surface area contributed by atoms with Gasteiger partial charge < -0.3 is 10.2 Å². The number of carbonyl (C=O) groups excluding carboxylic acids is 3. The van der Waals surface area contributed by atoms with Crippen LogP contribution in [0.25, 0.3) is 0 Å². The number of hydrogen-bond acceptors (Lipinski definition) is 3. The van der Waals surface area contributed by atoms with Crippen molar-refractivity contribution in [2.45, 2.75) is 45.6 Å². The fraction of sp³-hybridized carbons (Fsp3) is 0.400. The van der Waals surface area contributed by atoms with Crippen LogP contribution >= 0.6 is 0 Å². The van der Waals surface area contributed by atoms with E-state index in [2.05, 4.69) is 29.6 Å². The van der Waals surface area contributed by atoms with Crippen LogP contribution in [0.1, 0.15) is 59.9 Å². The van der Waals surface area contributed by atoms with Gasteiger partial charge in [-0.1, -0.05) is 30.3 Å². The van der Waals surface area contributed by atoms with Crippen molar-refractivity contribution in [2.75, 3.05) is 18.4 Å². The highest BCUT2D eigenvalue weighted by Gasteiger charge is 2.42. The normalized spacial score (nSPS) is 17.1. The number of benzene rings is 2. The number of nitrogens with zero attached hydrogens (tertiary/aromatic N) is 2. The van der Waals surface area contributed by atoms with Gasteiger partial charge in [0.1, 0.15) is 0 Å². The highest BCUT2D eigenvalue weighted by molar-refractivity contribution is 6.22. The molecule has 0 spiro atoms. The van der Waals surface area contributed by atoms with Crippen molar-refractivity contribution in [2.24, 2.45) is 5.92 Å². The number of anilines is 1. The maximum atomic E-state index is 12.8. The van der Waals surface area contributed by atoms with E-state index in [-0.39, 0.29) is 17.8 Å². The van der Waals surface area contributed by atoms with Crippen molar-refractivity contribution in [1.29, 1.82) is 0 Å². The highest BCUT2D eigenvalue weighted by atomic mass is 16.2. The first-order valence-electron chi connectivity index (χ1n) is 10.9. The van der Waals surface area contributed by atoms with Crippen LogP contribution < -0.4 is 5.32 Å². The zero-order valence-electron chi connectivity index (χ0n) is 18.4. The van der Waals surface area contributed by atoms with E-state index >= 15 is 0 Å². The summed E-state index contributed by atoms with van der Waals surface area (Å²) in [4.78, 5) is 41.2. The second kappa shape index (κ2) is 8.17. The Hall–Kier alpha value is -3.15. The Morgan fingerprint density at radius 2 is 1.61 bits per heavy atom. The third kappa shape index (κ3) is 4.33. The minimum absolute atomic E-state index is 0.164. The van der Waals surface area contributed by atoms with Gasteiger partial charge in [-0.05, 0) is 69.7 Å². The molecule has 1 N–H and O–H groups in total. The topological polar surface area (TPSA) is 69.7 Å². The van der Waals surface area contributed by atoms with Gasteiger partial charge in [0, 0.05) is 24.3 Å².